The Hall–Kier alpha value is -2.14. The van der Waals surface area contributed by atoms with E-state index in [1.54, 1.807) is 11.0 Å². The highest BCUT2D eigenvalue weighted by atomic mass is 35.5. The van der Waals surface area contributed by atoms with E-state index < -0.39 is 0 Å². The van der Waals surface area contributed by atoms with Crippen LogP contribution in [-0.4, -0.2) is 19.7 Å². The predicted molar refractivity (Wildman–Crippen MR) is 70.8 cm³/mol. The summed E-state index contributed by atoms with van der Waals surface area (Å²) in [6, 6.07) is 7.42. The number of nitrogens with zero attached hydrogens (tertiary/aromatic N) is 4. The molecule has 96 valence electrons. The quantitative estimate of drug-likeness (QED) is 0.737. The third kappa shape index (κ3) is 2.51. The summed E-state index contributed by atoms with van der Waals surface area (Å²) in [6.45, 7) is 2.42. The van der Waals surface area contributed by atoms with Crippen molar-refractivity contribution in [3.05, 3.63) is 53.4 Å². The second kappa shape index (κ2) is 4.85. The standard InChI is InChI=1S/C13H11ClN4O/c1-9-12(6-18-8-15-7-16-18)17-13(19-9)10-3-2-4-11(14)5-10/h2-5,7-8H,6H2,1H3. The highest BCUT2D eigenvalue weighted by Gasteiger charge is 2.12. The van der Waals surface area contributed by atoms with Crippen LogP contribution in [0.1, 0.15) is 11.5 Å². The van der Waals surface area contributed by atoms with E-state index in [1.807, 2.05) is 31.2 Å². The Kier molecular flexibility index (Phi) is 3.05. The lowest BCUT2D eigenvalue weighted by molar-refractivity contribution is 0.536. The summed E-state index contributed by atoms with van der Waals surface area (Å²) >= 11 is 5.96. The molecule has 2 heterocycles. The Morgan fingerprint density at radius 3 is 3.00 bits per heavy atom. The molecule has 0 fully saturated rings. The fraction of sp³-hybridized carbons (Fsp3) is 0.154. The van der Waals surface area contributed by atoms with Gasteiger partial charge in [-0.15, -0.1) is 0 Å². The predicted octanol–water partition coefficient (Wildman–Crippen LogP) is 2.94. The third-order valence-corrected chi connectivity index (χ3v) is 2.98. The minimum atomic E-state index is 0.538. The number of oxazole rings is 1. The summed E-state index contributed by atoms with van der Waals surface area (Å²) in [4.78, 5) is 8.38. The van der Waals surface area contributed by atoms with E-state index in [-0.39, 0.29) is 0 Å². The first-order chi connectivity index (χ1) is 9.22. The van der Waals surface area contributed by atoms with Crippen molar-refractivity contribution in [3.63, 3.8) is 0 Å². The molecule has 0 spiro atoms. The molecule has 0 amide bonds. The number of rotatable bonds is 3. The lowest BCUT2D eigenvalue weighted by Crippen LogP contribution is -2.01. The Bertz CT molecular complexity index is 690. The Morgan fingerprint density at radius 2 is 2.26 bits per heavy atom. The van der Waals surface area contributed by atoms with Crippen LogP contribution < -0.4 is 0 Å². The zero-order chi connectivity index (χ0) is 13.2. The van der Waals surface area contributed by atoms with E-state index in [0.29, 0.717) is 17.5 Å². The molecule has 0 unspecified atom stereocenters. The van der Waals surface area contributed by atoms with Crippen molar-refractivity contribution in [2.24, 2.45) is 0 Å². The van der Waals surface area contributed by atoms with Gasteiger partial charge in [-0.2, -0.15) is 5.10 Å². The van der Waals surface area contributed by atoms with E-state index in [4.69, 9.17) is 16.0 Å². The highest BCUT2D eigenvalue weighted by Crippen LogP contribution is 2.24. The van der Waals surface area contributed by atoms with Gasteiger partial charge >= 0.3 is 0 Å². The van der Waals surface area contributed by atoms with Gasteiger partial charge in [-0.3, -0.25) is 0 Å². The minimum absolute atomic E-state index is 0.538. The van der Waals surface area contributed by atoms with Crippen LogP contribution in [0.5, 0.6) is 0 Å². The number of hydrogen-bond donors (Lipinski definition) is 0. The second-order valence-corrected chi connectivity index (χ2v) is 4.56. The van der Waals surface area contributed by atoms with Gasteiger partial charge in [-0.1, -0.05) is 17.7 Å². The van der Waals surface area contributed by atoms with Gasteiger partial charge in [0.15, 0.2) is 0 Å². The SMILES string of the molecule is Cc1oc(-c2cccc(Cl)c2)nc1Cn1cncn1. The second-order valence-electron chi connectivity index (χ2n) is 4.13. The average molecular weight is 275 g/mol. The van der Waals surface area contributed by atoms with Gasteiger partial charge in [0.2, 0.25) is 5.89 Å². The molecule has 19 heavy (non-hydrogen) atoms. The van der Waals surface area contributed by atoms with Crippen LogP contribution >= 0.6 is 11.6 Å². The van der Waals surface area contributed by atoms with E-state index in [1.165, 1.54) is 6.33 Å². The van der Waals surface area contributed by atoms with E-state index in [0.717, 1.165) is 17.0 Å². The molecular weight excluding hydrogens is 264 g/mol. The molecule has 5 nitrogen and oxygen atoms in total. The zero-order valence-corrected chi connectivity index (χ0v) is 11.0. The van der Waals surface area contributed by atoms with Gasteiger partial charge in [0.1, 0.15) is 24.1 Å². The van der Waals surface area contributed by atoms with Crippen molar-refractivity contribution in [3.8, 4) is 11.5 Å². The lowest BCUT2D eigenvalue weighted by Gasteiger charge is -1.96. The van der Waals surface area contributed by atoms with Crippen LogP contribution in [-0.2, 0) is 6.54 Å². The average Bonchev–Trinajstić information content (AvgIpc) is 3.01. The van der Waals surface area contributed by atoms with Crippen LogP contribution in [0.4, 0.5) is 0 Å². The third-order valence-electron chi connectivity index (χ3n) is 2.74. The molecular formula is C13H11ClN4O. The Labute approximate surface area is 114 Å². The first-order valence-corrected chi connectivity index (χ1v) is 6.15. The van der Waals surface area contributed by atoms with E-state index >= 15 is 0 Å². The van der Waals surface area contributed by atoms with Crippen LogP contribution in [0, 0.1) is 6.92 Å². The summed E-state index contributed by atoms with van der Waals surface area (Å²) in [5, 5.41) is 4.71. The maximum atomic E-state index is 5.96. The van der Waals surface area contributed by atoms with Crippen molar-refractivity contribution in [2.45, 2.75) is 13.5 Å². The summed E-state index contributed by atoms with van der Waals surface area (Å²) in [5.41, 5.74) is 1.70. The van der Waals surface area contributed by atoms with Crippen LogP contribution in [0.3, 0.4) is 0 Å². The lowest BCUT2D eigenvalue weighted by atomic mass is 10.2. The van der Waals surface area contributed by atoms with E-state index in [9.17, 15) is 0 Å². The molecule has 2 aromatic heterocycles. The molecule has 0 radical (unpaired) electrons. The molecule has 0 atom stereocenters. The van der Waals surface area contributed by atoms with Crippen LogP contribution in [0.2, 0.25) is 5.02 Å². The normalized spacial score (nSPS) is 10.8. The molecule has 0 saturated carbocycles. The summed E-state index contributed by atoms with van der Waals surface area (Å²) < 4.78 is 7.37. The number of aryl methyl sites for hydroxylation is 1. The van der Waals surface area contributed by atoms with Crippen molar-refractivity contribution in [1.29, 1.82) is 0 Å². The summed E-state index contributed by atoms with van der Waals surface area (Å²) in [7, 11) is 0. The van der Waals surface area contributed by atoms with Gasteiger partial charge in [0.05, 0.1) is 6.54 Å². The number of aromatic nitrogens is 4. The van der Waals surface area contributed by atoms with Crippen molar-refractivity contribution in [1.82, 2.24) is 19.7 Å². The molecule has 3 aromatic rings. The largest absolute Gasteiger partial charge is 0.441 e. The number of hydrogen-bond acceptors (Lipinski definition) is 4. The van der Waals surface area contributed by atoms with Crippen molar-refractivity contribution in [2.75, 3.05) is 0 Å². The molecule has 0 aliphatic carbocycles. The Morgan fingerprint density at radius 1 is 1.37 bits per heavy atom. The van der Waals surface area contributed by atoms with Gasteiger partial charge < -0.3 is 4.42 Å². The molecule has 0 aliphatic rings. The zero-order valence-electron chi connectivity index (χ0n) is 10.2. The topological polar surface area (TPSA) is 56.7 Å². The van der Waals surface area contributed by atoms with Gasteiger partial charge in [-0.25, -0.2) is 14.6 Å². The number of halogens is 1. The van der Waals surface area contributed by atoms with Gasteiger partial charge in [0, 0.05) is 10.6 Å². The van der Waals surface area contributed by atoms with E-state index in [2.05, 4.69) is 15.1 Å². The summed E-state index contributed by atoms with van der Waals surface area (Å²) in [5.74, 6) is 1.33. The molecule has 0 aliphatic heterocycles. The maximum Gasteiger partial charge on any atom is 0.226 e. The molecule has 1 aromatic carbocycles. The fourth-order valence-electron chi connectivity index (χ4n) is 1.79. The highest BCUT2D eigenvalue weighted by molar-refractivity contribution is 6.30. The molecule has 6 heteroatoms. The first kappa shape index (κ1) is 11.9. The number of benzene rings is 1. The van der Waals surface area contributed by atoms with Crippen LogP contribution in [0.15, 0.2) is 41.3 Å². The van der Waals surface area contributed by atoms with Crippen LogP contribution in [0.25, 0.3) is 11.5 Å². The van der Waals surface area contributed by atoms with Crippen molar-refractivity contribution >= 4 is 11.6 Å². The smallest absolute Gasteiger partial charge is 0.226 e. The van der Waals surface area contributed by atoms with Crippen molar-refractivity contribution < 1.29 is 4.42 Å². The van der Waals surface area contributed by atoms with Gasteiger partial charge in [0.25, 0.3) is 0 Å². The molecule has 0 saturated heterocycles. The molecule has 0 bridgehead atoms. The first-order valence-electron chi connectivity index (χ1n) is 5.77. The van der Waals surface area contributed by atoms with Gasteiger partial charge in [-0.05, 0) is 25.1 Å². The molecule has 3 rings (SSSR count). The fourth-order valence-corrected chi connectivity index (χ4v) is 1.98. The molecule has 0 N–H and O–H groups in total. The summed E-state index contributed by atoms with van der Waals surface area (Å²) in [6.07, 6.45) is 3.14. The minimum Gasteiger partial charge on any atom is -0.441 e. The monoisotopic (exact) mass is 274 g/mol. The Balaban J connectivity index is 1.93. The maximum absolute atomic E-state index is 5.96.